The molecule has 1 saturated heterocycles. The molecule has 0 aliphatic carbocycles. The highest BCUT2D eigenvalue weighted by atomic mass is 35.5. The minimum absolute atomic E-state index is 0.0910. The summed E-state index contributed by atoms with van der Waals surface area (Å²) in [4.78, 5) is 4.02. The van der Waals surface area contributed by atoms with Gasteiger partial charge in [-0.25, -0.2) is 18.2 Å². The molecule has 10 heteroatoms. The Kier molecular flexibility index (Phi) is 5.47. The molecule has 26 heavy (non-hydrogen) atoms. The van der Waals surface area contributed by atoms with Gasteiger partial charge in [0.25, 0.3) is 6.43 Å². The van der Waals surface area contributed by atoms with Crippen molar-refractivity contribution in [3.05, 3.63) is 28.8 Å². The predicted molar refractivity (Wildman–Crippen MR) is 94.3 cm³/mol. The summed E-state index contributed by atoms with van der Waals surface area (Å²) in [6, 6.07) is -0.540. The van der Waals surface area contributed by atoms with Crippen LogP contribution in [0.5, 0.6) is 0 Å². The molecular weight excluding hydrogens is 391 g/mol. The Bertz CT molecular complexity index is 808. The van der Waals surface area contributed by atoms with Gasteiger partial charge in [-0.1, -0.05) is 11.6 Å². The van der Waals surface area contributed by atoms with Gasteiger partial charge in [0, 0.05) is 28.5 Å². The van der Waals surface area contributed by atoms with E-state index in [9.17, 15) is 17.7 Å². The van der Waals surface area contributed by atoms with Crippen molar-refractivity contribution in [2.24, 2.45) is 0 Å². The number of ether oxygens (including phenoxy) is 1. The lowest BCUT2D eigenvalue weighted by molar-refractivity contribution is -0.0217. The molecule has 0 bridgehead atoms. The third-order valence-corrected chi connectivity index (χ3v) is 5.98. The zero-order valence-corrected chi connectivity index (χ0v) is 16.0. The van der Waals surface area contributed by atoms with Crippen LogP contribution in [0.2, 0.25) is 5.15 Å². The van der Waals surface area contributed by atoms with Crippen molar-refractivity contribution in [3.8, 4) is 0 Å². The van der Waals surface area contributed by atoms with Gasteiger partial charge >= 0.3 is 0 Å². The van der Waals surface area contributed by atoms with Crippen molar-refractivity contribution in [2.45, 2.75) is 44.0 Å². The van der Waals surface area contributed by atoms with Crippen LogP contribution in [0.25, 0.3) is 11.0 Å². The molecule has 144 valence electrons. The summed E-state index contributed by atoms with van der Waals surface area (Å²) in [5.41, 5.74) is 0.427. The molecule has 0 aromatic carbocycles. The van der Waals surface area contributed by atoms with Crippen LogP contribution in [0.4, 0.5) is 13.2 Å². The number of pyridine rings is 1. The predicted octanol–water partition coefficient (Wildman–Crippen LogP) is 3.76. The molecule has 2 aromatic heterocycles. The van der Waals surface area contributed by atoms with Crippen LogP contribution in [0, 0.1) is 5.82 Å². The van der Waals surface area contributed by atoms with Gasteiger partial charge in [0.2, 0.25) is 0 Å². The van der Waals surface area contributed by atoms with Gasteiger partial charge in [0.15, 0.2) is 11.0 Å². The van der Waals surface area contributed by atoms with Crippen molar-refractivity contribution < 1.29 is 22.5 Å². The summed E-state index contributed by atoms with van der Waals surface area (Å²) in [7, 11) is 0. The Balaban J connectivity index is 2.10. The van der Waals surface area contributed by atoms with Crippen molar-refractivity contribution in [1.29, 1.82) is 0 Å². The van der Waals surface area contributed by atoms with Crippen molar-refractivity contribution >= 4 is 34.0 Å². The fraction of sp³-hybridized carbons (Fsp3) is 0.562. The van der Waals surface area contributed by atoms with Crippen LogP contribution >= 0.6 is 11.6 Å². The number of hydrogen-bond acceptors (Lipinski definition) is 4. The molecular formula is C16H19ClF3N3O2S. The van der Waals surface area contributed by atoms with Gasteiger partial charge in [0.05, 0.1) is 19.3 Å². The number of aromatic nitrogens is 2. The summed E-state index contributed by atoms with van der Waals surface area (Å²) in [6.45, 7) is 5.83. The van der Waals surface area contributed by atoms with E-state index in [-0.39, 0.29) is 22.1 Å². The lowest BCUT2D eigenvalue weighted by atomic mass is 10.1. The second-order valence-electron chi connectivity index (χ2n) is 7.13. The Morgan fingerprint density at radius 2 is 2.08 bits per heavy atom. The van der Waals surface area contributed by atoms with Gasteiger partial charge in [0.1, 0.15) is 16.4 Å². The zero-order valence-electron chi connectivity index (χ0n) is 14.4. The average Bonchev–Trinajstić information content (AvgIpc) is 2.80. The van der Waals surface area contributed by atoms with Crippen LogP contribution in [-0.2, 0) is 16.1 Å². The molecule has 3 heterocycles. The monoisotopic (exact) mass is 409 g/mol. The Morgan fingerprint density at radius 3 is 2.58 bits per heavy atom. The smallest absolute Gasteiger partial charge is 0.262 e. The number of alkyl halides is 2. The minimum Gasteiger partial charge on any atom is -0.598 e. The highest BCUT2D eigenvalue weighted by molar-refractivity contribution is 7.90. The van der Waals surface area contributed by atoms with Crippen LogP contribution < -0.4 is 4.72 Å². The average molecular weight is 410 g/mol. The highest BCUT2D eigenvalue weighted by Gasteiger charge is 2.37. The maximum absolute atomic E-state index is 14.0. The van der Waals surface area contributed by atoms with Crippen LogP contribution in [-0.4, -0.2) is 38.5 Å². The Labute approximate surface area is 157 Å². The van der Waals surface area contributed by atoms with Gasteiger partial charge in [-0.15, -0.1) is 4.72 Å². The van der Waals surface area contributed by atoms with Crippen molar-refractivity contribution in [1.82, 2.24) is 14.3 Å². The van der Waals surface area contributed by atoms with Gasteiger partial charge < -0.3 is 13.9 Å². The molecule has 1 unspecified atom stereocenters. The lowest BCUT2D eigenvalue weighted by Gasteiger charge is -2.28. The van der Waals surface area contributed by atoms with Crippen molar-refractivity contribution in [2.75, 3.05) is 13.2 Å². The molecule has 1 aliphatic heterocycles. The quantitative estimate of drug-likeness (QED) is 0.603. The largest absolute Gasteiger partial charge is 0.598 e. The summed E-state index contributed by atoms with van der Waals surface area (Å²) >= 11 is 4.04. The van der Waals surface area contributed by atoms with E-state index < -0.39 is 34.4 Å². The molecule has 1 aliphatic rings. The second-order valence-corrected chi connectivity index (χ2v) is 9.48. The van der Waals surface area contributed by atoms with Crippen LogP contribution in [0.15, 0.2) is 12.3 Å². The maximum Gasteiger partial charge on any atom is 0.262 e. The molecule has 0 radical (unpaired) electrons. The fourth-order valence-electron chi connectivity index (χ4n) is 2.60. The normalized spacial score (nSPS) is 18.3. The summed E-state index contributed by atoms with van der Waals surface area (Å²) < 4.78 is 62.4. The molecule has 3 rings (SSSR count). The summed E-state index contributed by atoms with van der Waals surface area (Å²) in [5, 5.41) is -0.119. The Hall–Kier alpha value is -1.00. The van der Waals surface area contributed by atoms with Gasteiger partial charge in [-0.05, 0) is 26.8 Å². The lowest BCUT2D eigenvalue weighted by Crippen LogP contribution is -2.43. The molecule has 5 nitrogen and oxygen atoms in total. The van der Waals surface area contributed by atoms with E-state index in [1.807, 2.05) is 0 Å². The topological polar surface area (TPSA) is 62.1 Å². The minimum atomic E-state index is -2.85. The molecule has 2 atom stereocenters. The number of halogens is 4. The first-order valence-electron chi connectivity index (χ1n) is 8.00. The first-order valence-corrected chi connectivity index (χ1v) is 9.52. The fourth-order valence-corrected chi connectivity index (χ4v) is 3.55. The van der Waals surface area contributed by atoms with E-state index >= 15 is 0 Å². The summed E-state index contributed by atoms with van der Waals surface area (Å²) in [6.07, 6.45) is -1.36. The second kappa shape index (κ2) is 7.20. The molecule has 2 aromatic rings. The number of rotatable bonds is 5. The third-order valence-electron chi connectivity index (χ3n) is 4.14. The first kappa shape index (κ1) is 19.8. The van der Waals surface area contributed by atoms with Gasteiger partial charge in [-0.2, -0.15) is 0 Å². The summed E-state index contributed by atoms with van der Waals surface area (Å²) in [5.74, 6) is -0.798. The van der Waals surface area contributed by atoms with Gasteiger partial charge in [-0.3, -0.25) is 0 Å². The van der Waals surface area contributed by atoms with Crippen LogP contribution in [0.1, 0.15) is 38.4 Å². The molecule has 1 fully saturated rings. The van der Waals surface area contributed by atoms with E-state index in [4.69, 9.17) is 16.3 Å². The molecule has 0 spiro atoms. The standard InChI is InChI=1S/C16H19ClF3N3O2S/c1-16(2,3)26(24)22-12(14(19)20)10-5-23(8-6-25-7-8)15-9(10)4-11(18)13(17)21-15/h4-5,8,12,14,22H,6-7H2,1-3H3/t12?,26-/m0/s1. The van der Waals surface area contributed by atoms with Crippen molar-refractivity contribution in [3.63, 3.8) is 0 Å². The first-order chi connectivity index (χ1) is 12.1. The zero-order chi connectivity index (χ0) is 19.2. The van der Waals surface area contributed by atoms with E-state index in [1.54, 1.807) is 25.3 Å². The highest BCUT2D eigenvalue weighted by Crippen LogP contribution is 2.35. The number of nitrogens with one attached hydrogen (secondary N) is 1. The maximum atomic E-state index is 14.0. The number of fused-ring (bicyclic) bond motifs is 1. The molecule has 1 N–H and O–H groups in total. The van der Waals surface area contributed by atoms with E-state index in [0.717, 1.165) is 6.07 Å². The van der Waals surface area contributed by atoms with Crippen LogP contribution in [0.3, 0.4) is 0 Å². The molecule has 0 saturated carbocycles. The number of hydrogen-bond donors (Lipinski definition) is 1. The number of nitrogens with zero attached hydrogens (tertiary/aromatic N) is 2. The van der Waals surface area contributed by atoms with E-state index in [0.29, 0.717) is 18.9 Å². The Morgan fingerprint density at radius 1 is 1.42 bits per heavy atom. The van der Waals surface area contributed by atoms with E-state index in [2.05, 4.69) is 9.71 Å². The van der Waals surface area contributed by atoms with E-state index in [1.165, 1.54) is 6.20 Å². The SMILES string of the molecule is CC(C)(C)[S@+]([O-])NC(c1cn(C2COC2)c2nc(Cl)c(F)cc12)C(F)F. The third kappa shape index (κ3) is 3.68. The molecule has 0 amide bonds.